The largest absolute Gasteiger partial charge is 0.383 e. The summed E-state index contributed by atoms with van der Waals surface area (Å²) in [4.78, 5) is 8.21. The van der Waals surface area contributed by atoms with Gasteiger partial charge in [-0.15, -0.1) is 0 Å². The van der Waals surface area contributed by atoms with Gasteiger partial charge in [0.1, 0.15) is 18.0 Å². The molecule has 1 atom stereocenters. The summed E-state index contributed by atoms with van der Waals surface area (Å²) in [5.74, 6) is 1.37. The number of nitrogen functional groups attached to an aromatic ring is 1. The molecular formula is C11H20N4O. The fourth-order valence-electron chi connectivity index (χ4n) is 1.56. The molecule has 0 aliphatic rings. The van der Waals surface area contributed by atoms with Crippen molar-refractivity contribution in [1.29, 1.82) is 0 Å². The smallest absolute Gasteiger partial charge is 0.134 e. The van der Waals surface area contributed by atoms with Gasteiger partial charge in [-0.2, -0.15) is 0 Å². The van der Waals surface area contributed by atoms with Crippen molar-refractivity contribution in [1.82, 2.24) is 9.97 Å². The summed E-state index contributed by atoms with van der Waals surface area (Å²) in [6, 6.07) is 0.254. The van der Waals surface area contributed by atoms with Gasteiger partial charge >= 0.3 is 0 Å². The molecule has 0 aromatic carbocycles. The molecule has 90 valence electrons. The third kappa shape index (κ3) is 3.06. The minimum absolute atomic E-state index is 0.254. The van der Waals surface area contributed by atoms with Crippen molar-refractivity contribution in [3.05, 3.63) is 11.9 Å². The van der Waals surface area contributed by atoms with Crippen LogP contribution in [-0.2, 0) is 11.2 Å². The minimum Gasteiger partial charge on any atom is -0.383 e. The fourth-order valence-corrected chi connectivity index (χ4v) is 1.56. The number of aromatic nitrogens is 2. The Bertz CT molecular complexity index is 330. The molecule has 0 fully saturated rings. The van der Waals surface area contributed by atoms with Crippen LogP contribution in [0.3, 0.4) is 0 Å². The second kappa shape index (κ2) is 6.27. The van der Waals surface area contributed by atoms with E-state index in [1.54, 1.807) is 7.11 Å². The Morgan fingerprint density at radius 2 is 2.19 bits per heavy atom. The molecule has 1 heterocycles. The molecule has 5 nitrogen and oxygen atoms in total. The number of anilines is 2. The molecule has 16 heavy (non-hydrogen) atoms. The molecule has 5 heteroatoms. The van der Waals surface area contributed by atoms with E-state index in [1.165, 1.54) is 6.33 Å². The van der Waals surface area contributed by atoms with Crippen LogP contribution in [0, 0.1) is 0 Å². The second-order valence-electron chi connectivity index (χ2n) is 3.64. The van der Waals surface area contributed by atoms with Crippen LogP contribution in [0.25, 0.3) is 0 Å². The Hall–Kier alpha value is -1.36. The molecule has 0 saturated heterocycles. The first-order chi connectivity index (χ1) is 7.72. The predicted octanol–water partition coefficient (Wildman–Crippen LogP) is 1.46. The predicted molar refractivity (Wildman–Crippen MR) is 65.4 cm³/mol. The van der Waals surface area contributed by atoms with Crippen LogP contribution in [0.4, 0.5) is 11.6 Å². The van der Waals surface area contributed by atoms with Gasteiger partial charge in [0.25, 0.3) is 0 Å². The highest BCUT2D eigenvalue weighted by atomic mass is 16.5. The molecule has 0 bridgehead atoms. The van der Waals surface area contributed by atoms with Crippen LogP contribution < -0.4 is 11.1 Å². The molecule has 0 spiro atoms. The number of hydrogen-bond donors (Lipinski definition) is 2. The zero-order chi connectivity index (χ0) is 12.0. The molecule has 0 radical (unpaired) electrons. The van der Waals surface area contributed by atoms with E-state index in [2.05, 4.69) is 22.2 Å². The topological polar surface area (TPSA) is 73.1 Å². The number of methoxy groups -OCH3 is 1. The van der Waals surface area contributed by atoms with Crippen LogP contribution >= 0.6 is 0 Å². The van der Waals surface area contributed by atoms with E-state index in [0.29, 0.717) is 12.4 Å². The number of hydrogen-bond acceptors (Lipinski definition) is 5. The van der Waals surface area contributed by atoms with Gasteiger partial charge in [-0.1, -0.05) is 13.8 Å². The lowest BCUT2D eigenvalue weighted by atomic mass is 10.2. The molecular weight excluding hydrogens is 204 g/mol. The molecule has 0 amide bonds. The maximum Gasteiger partial charge on any atom is 0.134 e. The third-order valence-corrected chi connectivity index (χ3v) is 2.53. The molecule has 0 saturated carbocycles. The first kappa shape index (κ1) is 12.7. The average Bonchev–Trinajstić information content (AvgIpc) is 2.28. The van der Waals surface area contributed by atoms with E-state index in [9.17, 15) is 0 Å². The van der Waals surface area contributed by atoms with E-state index in [1.807, 2.05) is 6.92 Å². The Kier molecular flexibility index (Phi) is 4.98. The van der Waals surface area contributed by atoms with Gasteiger partial charge in [-0.3, -0.25) is 0 Å². The normalized spacial score (nSPS) is 12.4. The van der Waals surface area contributed by atoms with Crippen molar-refractivity contribution in [2.75, 3.05) is 24.8 Å². The average molecular weight is 224 g/mol. The number of ether oxygens (including phenoxy) is 1. The molecule has 3 N–H and O–H groups in total. The lowest BCUT2D eigenvalue weighted by Gasteiger charge is -2.18. The number of nitrogens with two attached hydrogens (primary N) is 1. The summed E-state index contributed by atoms with van der Waals surface area (Å²) >= 11 is 0. The Morgan fingerprint density at radius 1 is 1.44 bits per heavy atom. The highest BCUT2D eigenvalue weighted by Gasteiger charge is 2.11. The zero-order valence-electron chi connectivity index (χ0n) is 10.2. The fraction of sp³-hybridized carbons (Fsp3) is 0.636. The summed E-state index contributed by atoms with van der Waals surface area (Å²) in [5.41, 5.74) is 6.77. The Balaban J connectivity index is 2.82. The first-order valence-electron chi connectivity index (χ1n) is 5.57. The van der Waals surface area contributed by atoms with E-state index < -0.39 is 0 Å². The number of nitrogens with zero attached hydrogens (tertiary/aromatic N) is 2. The van der Waals surface area contributed by atoms with Crippen molar-refractivity contribution in [3.8, 4) is 0 Å². The molecule has 1 aromatic heterocycles. The van der Waals surface area contributed by atoms with Gasteiger partial charge in [0.05, 0.1) is 12.6 Å². The molecule has 1 aromatic rings. The lowest BCUT2D eigenvalue weighted by molar-refractivity contribution is 0.184. The molecule has 0 aliphatic carbocycles. The van der Waals surface area contributed by atoms with Gasteiger partial charge in [0.15, 0.2) is 0 Å². The van der Waals surface area contributed by atoms with Gasteiger partial charge in [0.2, 0.25) is 0 Å². The van der Waals surface area contributed by atoms with Crippen LogP contribution in [0.15, 0.2) is 6.33 Å². The highest BCUT2D eigenvalue weighted by Crippen LogP contribution is 2.18. The second-order valence-corrected chi connectivity index (χ2v) is 3.64. The lowest BCUT2D eigenvalue weighted by Crippen LogP contribution is -2.25. The van der Waals surface area contributed by atoms with Crippen molar-refractivity contribution < 1.29 is 4.74 Å². The van der Waals surface area contributed by atoms with Gasteiger partial charge in [0, 0.05) is 12.7 Å². The zero-order valence-corrected chi connectivity index (χ0v) is 10.2. The van der Waals surface area contributed by atoms with Crippen molar-refractivity contribution >= 4 is 11.6 Å². The van der Waals surface area contributed by atoms with Crippen molar-refractivity contribution in [3.63, 3.8) is 0 Å². The summed E-state index contributed by atoms with van der Waals surface area (Å²) in [6.07, 6.45) is 3.27. The maximum absolute atomic E-state index is 5.80. The molecule has 0 aliphatic heterocycles. The highest BCUT2D eigenvalue weighted by molar-refractivity contribution is 5.55. The molecule has 1 rings (SSSR count). The van der Waals surface area contributed by atoms with Crippen molar-refractivity contribution in [2.24, 2.45) is 0 Å². The van der Waals surface area contributed by atoms with Gasteiger partial charge < -0.3 is 15.8 Å². The van der Waals surface area contributed by atoms with E-state index in [-0.39, 0.29) is 6.04 Å². The van der Waals surface area contributed by atoms with Gasteiger partial charge in [-0.25, -0.2) is 9.97 Å². The minimum atomic E-state index is 0.254. The Labute approximate surface area is 96.4 Å². The Morgan fingerprint density at radius 3 is 2.75 bits per heavy atom. The van der Waals surface area contributed by atoms with E-state index in [4.69, 9.17) is 10.5 Å². The van der Waals surface area contributed by atoms with Crippen LogP contribution in [0.2, 0.25) is 0 Å². The van der Waals surface area contributed by atoms with E-state index in [0.717, 1.165) is 24.2 Å². The third-order valence-electron chi connectivity index (χ3n) is 2.53. The quantitative estimate of drug-likeness (QED) is 0.765. The number of rotatable bonds is 6. The molecule has 1 unspecified atom stereocenters. The van der Waals surface area contributed by atoms with Crippen LogP contribution in [0.5, 0.6) is 0 Å². The van der Waals surface area contributed by atoms with Crippen LogP contribution in [-0.4, -0.2) is 29.7 Å². The first-order valence-corrected chi connectivity index (χ1v) is 5.57. The summed E-state index contributed by atoms with van der Waals surface area (Å²) < 4.78 is 5.13. The SMILES string of the molecule is CCc1c(N)ncnc1NC(CC)COC. The van der Waals surface area contributed by atoms with E-state index >= 15 is 0 Å². The summed E-state index contributed by atoms with van der Waals surface area (Å²) in [5, 5.41) is 3.33. The monoisotopic (exact) mass is 224 g/mol. The van der Waals surface area contributed by atoms with Crippen LogP contribution in [0.1, 0.15) is 25.8 Å². The summed E-state index contributed by atoms with van der Waals surface area (Å²) in [7, 11) is 1.69. The number of nitrogens with one attached hydrogen (secondary N) is 1. The maximum atomic E-state index is 5.80. The standard InChI is InChI=1S/C11H20N4O/c1-4-8(6-16-3)15-11-9(5-2)10(12)13-7-14-11/h7-8H,4-6H2,1-3H3,(H3,12,13,14,15). The van der Waals surface area contributed by atoms with Gasteiger partial charge in [-0.05, 0) is 12.8 Å². The van der Waals surface area contributed by atoms with Crippen molar-refractivity contribution in [2.45, 2.75) is 32.7 Å². The summed E-state index contributed by atoms with van der Waals surface area (Å²) in [6.45, 7) is 4.80.